The minimum Gasteiger partial charge on any atom is -0.361 e. The van der Waals surface area contributed by atoms with Gasteiger partial charge >= 0.3 is 0 Å². The molecule has 0 atom stereocenters. The molecular weight excluding hydrogens is 390 g/mol. The molecule has 0 aliphatic rings. The maximum atomic E-state index is 12.8. The Kier molecular flexibility index (Phi) is 6.14. The fourth-order valence-electron chi connectivity index (χ4n) is 2.90. The van der Waals surface area contributed by atoms with Gasteiger partial charge in [-0.1, -0.05) is 41.6 Å². The number of rotatable bonds is 7. The molecule has 0 saturated heterocycles. The van der Waals surface area contributed by atoms with Crippen LogP contribution in [0.4, 0.5) is 0 Å². The van der Waals surface area contributed by atoms with Gasteiger partial charge in [0.15, 0.2) is 0 Å². The third-order valence-corrected chi connectivity index (χ3v) is 6.00. The number of aromatic nitrogens is 1. The second kappa shape index (κ2) is 8.59. The van der Waals surface area contributed by atoms with Gasteiger partial charge in [0.2, 0.25) is 10.0 Å². The summed E-state index contributed by atoms with van der Waals surface area (Å²) >= 11 is 0. The van der Waals surface area contributed by atoms with E-state index >= 15 is 0 Å². The molecule has 7 nitrogen and oxygen atoms in total. The third-order valence-electron chi connectivity index (χ3n) is 4.46. The summed E-state index contributed by atoms with van der Waals surface area (Å²) in [4.78, 5) is 14.3. The van der Waals surface area contributed by atoms with Crippen LogP contribution in [0.3, 0.4) is 0 Å². The van der Waals surface area contributed by atoms with Gasteiger partial charge in [-0.2, -0.15) is 0 Å². The quantitative estimate of drug-likeness (QED) is 0.643. The molecule has 3 rings (SSSR count). The molecule has 29 heavy (non-hydrogen) atoms. The SMILES string of the molecule is Cc1cc(CN(C)C(=O)c2ccc(C)c(S(=O)(=O)NCc3ccccc3)c2)no1. The van der Waals surface area contributed by atoms with Crippen LogP contribution in [0.2, 0.25) is 0 Å². The molecule has 0 radical (unpaired) electrons. The molecular formula is C21H23N3O4S. The van der Waals surface area contributed by atoms with Crippen molar-refractivity contribution < 1.29 is 17.7 Å². The maximum absolute atomic E-state index is 12.8. The summed E-state index contributed by atoms with van der Waals surface area (Å²) in [5, 5.41) is 3.88. The average Bonchev–Trinajstić information content (AvgIpc) is 3.11. The number of benzene rings is 2. The van der Waals surface area contributed by atoms with Gasteiger partial charge in [-0.3, -0.25) is 4.79 Å². The Morgan fingerprint density at radius 2 is 1.83 bits per heavy atom. The minimum absolute atomic E-state index is 0.0879. The first-order valence-corrected chi connectivity index (χ1v) is 10.6. The smallest absolute Gasteiger partial charge is 0.253 e. The normalized spacial score (nSPS) is 11.4. The number of carbonyl (C=O) groups excluding carboxylic acids is 1. The fourth-order valence-corrected chi connectivity index (χ4v) is 4.19. The van der Waals surface area contributed by atoms with Crippen molar-refractivity contribution >= 4 is 15.9 Å². The van der Waals surface area contributed by atoms with Gasteiger partial charge in [0.1, 0.15) is 11.5 Å². The van der Waals surface area contributed by atoms with E-state index in [0.29, 0.717) is 22.6 Å². The van der Waals surface area contributed by atoms with E-state index in [9.17, 15) is 13.2 Å². The van der Waals surface area contributed by atoms with Crippen molar-refractivity contribution in [3.05, 3.63) is 82.7 Å². The van der Waals surface area contributed by atoms with Gasteiger partial charge in [0, 0.05) is 25.2 Å². The van der Waals surface area contributed by atoms with Gasteiger partial charge in [-0.05, 0) is 37.1 Å². The number of aryl methyl sites for hydroxylation is 2. The summed E-state index contributed by atoms with van der Waals surface area (Å²) < 4.78 is 33.2. The molecule has 0 bridgehead atoms. The highest BCUT2D eigenvalue weighted by molar-refractivity contribution is 7.89. The zero-order chi connectivity index (χ0) is 21.0. The summed E-state index contributed by atoms with van der Waals surface area (Å²) in [6, 6.07) is 15.7. The molecule has 0 aliphatic heterocycles. The minimum atomic E-state index is -3.77. The number of nitrogens with one attached hydrogen (secondary N) is 1. The van der Waals surface area contributed by atoms with E-state index in [1.54, 1.807) is 39.1 Å². The number of amides is 1. The van der Waals surface area contributed by atoms with Crippen LogP contribution in [-0.4, -0.2) is 31.4 Å². The van der Waals surface area contributed by atoms with Crippen molar-refractivity contribution in [3.8, 4) is 0 Å². The van der Waals surface area contributed by atoms with Gasteiger partial charge < -0.3 is 9.42 Å². The Morgan fingerprint density at radius 1 is 1.10 bits per heavy atom. The van der Waals surface area contributed by atoms with E-state index < -0.39 is 10.0 Å². The molecule has 3 aromatic rings. The van der Waals surface area contributed by atoms with Gasteiger partial charge in [0.05, 0.1) is 11.4 Å². The largest absolute Gasteiger partial charge is 0.361 e. The van der Waals surface area contributed by atoms with Crippen LogP contribution in [0.25, 0.3) is 0 Å². The van der Waals surface area contributed by atoms with Gasteiger partial charge in [-0.25, -0.2) is 13.1 Å². The Hall–Kier alpha value is -2.97. The van der Waals surface area contributed by atoms with Crippen LogP contribution in [0, 0.1) is 13.8 Å². The van der Waals surface area contributed by atoms with Gasteiger partial charge in [0.25, 0.3) is 5.91 Å². The Morgan fingerprint density at radius 3 is 2.48 bits per heavy atom. The number of hydrogen-bond donors (Lipinski definition) is 1. The highest BCUT2D eigenvalue weighted by Gasteiger charge is 2.21. The number of hydrogen-bond acceptors (Lipinski definition) is 5. The number of nitrogens with zero attached hydrogens (tertiary/aromatic N) is 2. The average molecular weight is 413 g/mol. The maximum Gasteiger partial charge on any atom is 0.253 e. The second-order valence-corrected chi connectivity index (χ2v) is 8.62. The van der Waals surface area contributed by atoms with E-state index in [1.807, 2.05) is 30.3 Å². The Bertz CT molecular complexity index is 1110. The molecule has 1 N–H and O–H groups in total. The van der Waals surface area contributed by atoms with E-state index in [4.69, 9.17) is 4.52 Å². The Labute approximate surface area is 170 Å². The number of carbonyl (C=O) groups is 1. The van der Waals surface area contributed by atoms with Crippen molar-refractivity contribution in [2.75, 3.05) is 7.05 Å². The van der Waals surface area contributed by atoms with E-state index in [-0.39, 0.29) is 23.9 Å². The Balaban J connectivity index is 1.78. The fraction of sp³-hybridized carbons (Fsp3) is 0.238. The molecule has 0 aliphatic carbocycles. The zero-order valence-corrected chi connectivity index (χ0v) is 17.4. The molecule has 2 aromatic carbocycles. The first-order chi connectivity index (χ1) is 13.8. The van der Waals surface area contributed by atoms with Crippen LogP contribution >= 0.6 is 0 Å². The molecule has 1 heterocycles. The molecule has 1 aromatic heterocycles. The van der Waals surface area contributed by atoms with Crippen molar-refractivity contribution in [1.82, 2.24) is 14.8 Å². The number of sulfonamides is 1. The molecule has 8 heteroatoms. The van der Waals surface area contributed by atoms with Crippen molar-refractivity contribution in [2.45, 2.75) is 31.8 Å². The van der Waals surface area contributed by atoms with Crippen LogP contribution < -0.4 is 4.72 Å². The topological polar surface area (TPSA) is 92.5 Å². The van der Waals surface area contributed by atoms with E-state index in [2.05, 4.69) is 9.88 Å². The van der Waals surface area contributed by atoms with Crippen LogP contribution in [0.15, 0.2) is 64.0 Å². The van der Waals surface area contributed by atoms with Crippen LogP contribution in [0.5, 0.6) is 0 Å². The zero-order valence-electron chi connectivity index (χ0n) is 16.5. The first-order valence-electron chi connectivity index (χ1n) is 9.08. The lowest BCUT2D eigenvalue weighted by Crippen LogP contribution is -2.28. The van der Waals surface area contributed by atoms with E-state index in [1.165, 1.54) is 11.0 Å². The lowest BCUT2D eigenvalue weighted by molar-refractivity contribution is 0.0782. The van der Waals surface area contributed by atoms with Crippen molar-refractivity contribution in [3.63, 3.8) is 0 Å². The predicted molar refractivity (Wildman–Crippen MR) is 109 cm³/mol. The van der Waals surface area contributed by atoms with Crippen molar-refractivity contribution in [1.29, 1.82) is 0 Å². The summed E-state index contributed by atoms with van der Waals surface area (Å²) in [7, 11) is -2.14. The predicted octanol–water partition coefficient (Wildman–Crippen LogP) is 3.04. The standard InChI is InChI=1S/C21H23N3O4S/c1-15-9-10-18(21(25)24(3)14-19-11-16(2)28-23-19)12-20(15)29(26,27)22-13-17-7-5-4-6-8-17/h4-12,22H,13-14H2,1-3H3. The monoisotopic (exact) mass is 413 g/mol. The summed E-state index contributed by atoms with van der Waals surface area (Å²) in [6.45, 7) is 3.91. The lowest BCUT2D eigenvalue weighted by Gasteiger charge is -2.17. The molecule has 0 unspecified atom stereocenters. The molecule has 0 saturated carbocycles. The van der Waals surface area contributed by atoms with E-state index in [0.717, 1.165) is 5.56 Å². The molecule has 0 fully saturated rings. The second-order valence-electron chi connectivity index (χ2n) is 6.88. The molecule has 0 spiro atoms. The summed E-state index contributed by atoms with van der Waals surface area (Å²) in [6.07, 6.45) is 0. The van der Waals surface area contributed by atoms with Crippen molar-refractivity contribution in [2.24, 2.45) is 0 Å². The molecule has 152 valence electrons. The first kappa shape index (κ1) is 20.8. The van der Waals surface area contributed by atoms with Gasteiger partial charge in [-0.15, -0.1) is 0 Å². The van der Waals surface area contributed by atoms with Crippen LogP contribution in [0.1, 0.15) is 32.9 Å². The summed E-state index contributed by atoms with van der Waals surface area (Å²) in [5.74, 6) is 0.360. The van der Waals surface area contributed by atoms with Crippen LogP contribution in [-0.2, 0) is 23.1 Å². The highest BCUT2D eigenvalue weighted by Crippen LogP contribution is 2.19. The summed E-state index contributed by atoms with van der Waals surface area (Å²) in [5.41, 5.74) is 2.33. The molecule has 1 amide bonds. The lowest BCUT2D eigenvalue weighted by atomic mass is 10.1. The highest BCUT2D eigenvalue weighted by atomic mass is 32.2. The third kappa shape index (κ3) is 5.10.